The molecule has 0 bridgehead atoms. The Kier molecular flexibility index (Phi) is 5.43. The van der Waals surface area contributed by atoms with Gasteiger partial charge in [-0.05, 0) is 51.7 Å². The molecule has 0 radical (unpaired) electrons. The van der Waals surface area contributed by atoms with Gasteiger partial charge in [0.1, 0.15) is 17.5 Å². The van der Waals surface area contributed by atoms with Crippen molar-refractivity contribution >= 4 is 11.9 Å². The zero-order valence-electron chi connectivity index (χ0n) is 14.0. The molecule has 1 aromatic rings. The van der Waals surface area contributed by atoms with Crippen LogP contribution in [0.5, 0.6) is 0 Å². The van der Waals surface area contributed by atoms with Gasteiger partial charge in [0.2, 0.25) is 0 Å². The number of ether oxygens (including phenoxy) is 1. The second-order valence-corrected chi connectivity index (χ2v) is 6.83. The largest absolute Gasteiger partial charge is 0.444 e. The lowest BCUT2D eigenvalue weighted by atomic mass is 9.98. The molecule has 1 atom stereocenters. The second-order valence-electron chi connectivity index (χ2n) is 6.83. The van der Waals surface area contributed by atoms with Crippen LogP contribution >= 0.6 is 0 Å². The normalized spacial score (nSPS) is 18.2. The standard InChI is InChI=1S/C17H24N4O2/c1-17(2,3)23-16(22)21-9-5-6-13(12-21)11-20-15-14(10-18)7-4-8-19-15/h4,7-8,13H,5-6,9,11-12H2,1-3H3,(H,19,20)/t13-/m0/s1. The fraction of sp³-hybridized carbons (Fsp3) is 0.588. The van der Waals surface area contributed by atoms with Crippen molar-refractivity contribution in [2.75, 3.05) is 25.0 Å². The third kappa shape index (κ3) is 5.13. The van der Waals surface area contributed by atoms with Gasteiger partial charge in [-0.2, -0.15) is 5.26 Å². The average Bonchev–Trinajstić information content (AvgIpc) is 2.52. The molecule has 0 aromatic carbocycles. The van der Waals surface area contributed by atoms with E-state index in [9.17, 15) is 4.79 Å². The fourth-order valence-corrected chi connectivity index (χ4v) is 2.60. The predicted molar refractivity (Wildman–Crippen MR) is 88.0 cm³/mol. The molecule has 1 aliphatic heterocycles. The summed E-state index contributed by atoms with van der Waals surface area (Å²) in [5.74, 6) is 0.925. The van der Waals surface area contributed by atoms with E-state index < -0.39 is 5.60 Å². The lowest BCUT2D eigenvalue weighted by Crippen LogP contribution is -2.44. The molecule has 0 unspecified atom stereocenters. The van der Waals surface area contributed by atoms with E-state index in [4.69, 9.17) is 10.00 Å². The summed E-state index contributed by atoms with van der Waals surface area (Å²) in [7, 11) is 0. The highest BCUT2D eigenvalue weighted by Gasteiger charge is 2.27. The van der Waals surface area contributed by atoms with Crippen LogP contribution in [0.4, 0.5) is 10.6 Å². The molecule has 0 spiro atoms. The SMILES string of the molecule is CC(C)(C)OC(=O)N1CCC[C@@H](CNc2ncccc2C#N)C1. The molecule has 6 nitrogen and oxygen atoms in total. The molecular weight excluding hydrogens is 292 g/mol. The number of aromatic nitrogens is 1. The number of hydrogen-bond acceptors (Lipinski definition) is 5. The van der Waals surface area contributed by atoms with Crippen LogP contribution in [0.3, 0.4) is 0 Å². The van der Waals surface area contributed by atoms with Crippen molar-refractivity contribution in [1.29, 1.82) is 5.26 Å². The number of likely N-dealkylation sites (tertiary alicyclic amines) is 1. The van der Waals surface area contributed by atoms with Gasteiger partial charge in [-0.3, -0.25) is 0 Å². The van der Waals surface area contributed by atoms with E-state index in [0.29, 0.717) is 30.4 Å². The predicted octanol–water partition coefficient (Wildman–Crippen LogP) is 3.01. The van der Waals surface area contributed by atoms with E-state index >= 15 is 0 Å². The quantitative estimate of drug-likeness (QED) is 0.927. The highest BCUT2D eigenvalue weighted by molar-refractivity contribution is 5.68. The van der Waals surface area contributed by atoms with Crippen molar-refractivity contribution in [3.05, 3.63) is 23.9 Å². The number of amides is 1. The molecule has 124 valence electrons. The Morgan fingerprint density at radius 2 is 2.35 bits per heavy atom. The Morgan fingerprint density at radius 1 is 1.57 bits per heavy atom. The first-order valence-electron chi connectivity index (χ1n) is 7.96. The summed E-state index contributed by atoms with van der Waals surface area (Å²) in [6.07, 6.45) is 3.41. The zero-order valence-corrected chi connectivity index (χ0v) is 14.0. The molecule has 2 heterocycles. The summed E-state index contributed by atoms with van der Waals surface area (Å²) in [5, 5.41) is 12.3. The summed E-state index contributed by atoms with van der Waals surface area (Å²) in [5.41, 5.74) is 0.0603. The zero-order chi connectivity index (χ0) is 16.9. The third-order valence-electron chi connectivity index (χ3n) is 3.66. The number of nitrogens with one attached hydrogen (secondary N) is 1. The molecule has 1 fully saturated rings. The van der Waals surface area contributed by atoms with Crippen molar-refractivity contribution in [2.24, 2.45) is 5.92 Å². The molecule has 1 saturated heterocycles. The maximum absolute atomic E-state index is 12.2. The first-order valence-corrected chi connectivity index (χ1v) is 7.96. The molecule has 1 amide bonds. The maximum Gasteiger partial charge on any atom is 0.410 e. The molecule has 0 saturated carbocycles. The van der Waals surface area contributed by atoms with Gasteiger partial charge in [-0.15, -0.1) is 0 Å². The van der Waals surface area contributed by atoms with Gasteiger partial charge in [0, 0.05) is 25.8 Å². The number of pyridine rings is 1. The Labute approximate surface area is 137 Å². The van der Waals surface area contributed by atoms with Crippen molar-refractivity contribution in [2.45, 2.75) is 39.2 Å². The first kappa shape index (κ1) is 17.1. The van der Waals surface area contributed by atoms with Gasteiger partial charge in [-0.25, -0.2) is 9.78 Å². The number of carbonyl (C=O) groups is 1. The highest BCUT2D eigenvalue weighted by atomic mass is 16.6. The van der Waals surface area contributed by atoms with Crippen molar-refractivity contribution in [3.8, 4) is 6.07 Å². The van der Waals surface area contributed by atoms with Crippen molar-refractivity contribution < 1.29 is 9.53 Å². The monoisotopic (exact) mass is 316 g/mol. The minimum atomic E-state index is -0.474. The Balaban J connectivity index is 1.89. The van der Waals surface area contributed by atoms with E-state index in [1.807, 2.05) is 20.8 Å². The van der Waals surface area contributed by atoms with E-state index in [-0.39, 0.29) is 6.09 Å². The Bertz CT molecular complexity index is 589. The molecule has 2 rings (SSSR count). The van der Waals surface area contributed by atoms with Gasteiger partial charge in [0.25, 0.3) is 0 Å². The van der Waals surface area contributed by atoms with E-state index in [2.05, 4.69) is 16.4 Å². The summed E-state index contributed by atoms with van der Waals surface area (Å²) in [6.45, 7) is 7.70. The van der Waals surface area contributed by atoms with Crippen LogP contribution in [-0.4, -0.2) is 41.2 Å². The summed E-state index contributed by atoms with van der Waals surface area (Å²) < 4.78 is 5.44. The molecule has 6 heteroatoms. The first-order chi connectivity index (χ1) is 10.9. The molecule has 1 aliphatic rings. The smallest absolute Gasteiger partial charge is 0.410 e. The molecule has 0 aliphatic carbocycles. The number of rotatable bonds is 3. The average molecular weight is 316 g/mol. The van der Waals surface area contributed by atoms with Crippen LogP contribution in [0.2, 0.25) is 0 Å². The maximum atomic E-state index is 12.2. The van der Waals surface area contributed by atoms with Crippen LogP contribution in [0, 0.1) is 17.2 Å². The topological polar surface area (TPSA) is 78.2 Å². The van der Waals surface area contributed by atoms with Crippen LogP contribution in [0.15, 0.2) is 18.3 Å². The van der Waals surface area contributed by atoms with Gasteiger partial charge >= 0.3 is 6.09 Å². The number of anilines is 1. The lowest BCUT2D eigenvalue weighted by Gasteiger charge is -2.34. The number of nitrogens with zero attached hydrogens (tertiary/aromatic N) is 3. The van der Waals surface area contributed by atoms with Gasteiger partial charge in [-0.1, -0.05) is 0 Å². The molecule has 1 N–H and O–H groups in total. The van der Waals surface area contributed by atoms with Gasteiger partial charge in [0.05, 0.1) is 5.56 Å². The van der Waals surface area contributed by atoms with Crippen LogP contribution in [0.25, 0.3) is 0 Å². The third-order valence-corrected chi connectivity index (χ3v) is 3.66. The van der Waals surface area contributed by atoms with Crippen LogP contribution in [0.1, 0.15) is 39.2 Å². The second kappa shape index (κ2) is 7.32. The summed E-state index contributed by atoms with van der Waals surface area (Å²) in [6, 6.07) is 5.61. The van der Waals surface area contributed by atoms with Crippen LogP contribution < -0.4 is 5.32 Å². The van der Waals surface area contributed by atoms with Gasteiger partial charge < -0.3 is 15.0 Å². The lowest BCUT2D eigenvalue weighted by molar-refractivity contribution is 0.0172. The Hall–Kier alpha value is -2.29. The molecule has 1 aromatic heterocycles. The minimum Gasteiger partial charge on any atom is -0.444 e. The minimum absolute atomic E-state index is 0.252. The van der Waals surface area contributed by atoms with E-state index in [0.717, 1.165) is 19.4 Å². The number of piperidine rings is 1. The van der Waals surface area contributed by atoms with Gasteiger partial charge in [0.15, 0.2) is 0 Å². The number of hydrogen-bond donors (Lipinski definition) is 1. The van der Waals surface area contributed by atoms with E-state index in [1.165, 1.54) is 0 Å². The Morgan fingerprint density at radius 3 is 3.04 bits per heavy atom. The summed E-state index contributed by atoms with van der Waals surface area (Å²) in [4.78, 5) is 18.1. The summed E-state index contributed by atoms with van der Waals surface area (Å²) >= 11 is 0. The van der Waals surface area contributed by atoms with E-state index in [1.54, 1.807) is 23.2 Å². The fourth-order valence-electron chi connectivity index (χ4n) is 2.60. The van der Waals surface area contributed by atoms with Crippen molar-refractivity contribution in [3.63, 3.8) is 0 Å². The number of carbonyl (C=O) groups excluding carboxylic acids is 1. The van der Waals surface area contributed by atoms with Crippen LogP contribution in [-0.2, 0) is 4.74 Å². The highest BCUT2D eigenvalue weighted by Crippen LogP contribution is 2.20. The van der Waals surface area contributed by atoms with Crippen molar-refractivity contribution in [1.82, 2.24) is 9.88 Å². The number of nitriles is 1. The molecular formula is C17H24N4O2. The molecule has 23 heavy (non-hydrogen) atoms.